The zero-order valence-electron chi connectivity index (χ0n) is 15.0. The molecule has 1 heterocycles. The molecule has 0 aliphatic carbocycles. The highest BCUT2D eigenvalue weighted by molar-refractivity contribution is 7.92. The van der Waals surface area contributed by atoms with E-state index in [1.807, 2.05) is 19.1 Å². The zero-order chi connectivity index (χ0) is 19.3. The quantitative estimate of drug-likeness (QED) is 0.740. The van der Waals surface area contributed by atoms with Gasteiger partial charge in [-0.05, 0) is 50.1 Å². The Bertz CT molecular complexity index is 891. The fourth-order valence-electron chi connectivity index (χ4n) is 2.62. The Morgan fingerprint density at radius 1 is 1.15 bits per heavy atom. The van der Waals surface area contributed by atoms with Gasteiger partial charge in [0.15, 0.2) is 6.29 Å². The van der Waals surface area contributed by atoms with Gasteiger partial charge in [0.25, 0.3) is 15.9 Å². The van der Waals surface area contributed by atoms with E-state index >= 15 is 0 Å². The van der Waals surface area contributed by atoms with Crippen LogP contribution in [0.1, 0.15) is 35.2 Å². The second-order valence-corrected chi connectivity index (χ2v) is 8.03. The number of hydrogen-bond donors (Lipinski definition) is 2. The molecule has 0 bridgehead atoms. The van der Waals surface area contributed by atoms with Gasteiger partial charge >= 0.3 is 0 Å². The number of carbonyl (C=O) groups excluding carboxylic acids is 1. The molecule has 27 heavy (non-hydrogen) atoms. The van der Waals surface area contributed by atoms with Crippen molar-refractivity contribution in [1.29, 1.82) is 0 Å². The monoisotopic (exact) mass is 390 g/mol. The van der Waals surface area contributed by atoms with E-state index in [9.17, 15) is 13.2 Å². The van der Waals surface area contributed by atoms with Gasteiger partial charge in [-0.25, -0.2) is 18.7 Å². The van der Waals surface area contributed by atoms with Gasteiger partial charge in [-0.15, -0.1) is 0 Å². The Kier molecular flexibility index (Phi) is 6.10. The number of ether oxygens (including phenoxy) is 1. The van der Waals surface area contributed by atoms with Crippen molar-refractivity contribution >= 4 is 21.6 Å². The Morgan fingerprint density at radius 3 is 2.63 bits per heavy atom. The molecule has 144 valence electrons. The predicted octanol–water partition coefficient (Wildman–Crippen LogP) is 2.98. The lowest BCUT2D eigenvalue weighted by Gasteiger charge is -2.22. The highest BCUT2D eigenvalue weighted by atomic mass is 32.2. The SMILES string of the molecule is Cc1ccc(NS(=O)(=O)c2cccc(C(=O)NOC3CCCCO3)c2)cc1. The smallest absolute Gasteiger partial charge is 0.274 e. The number of benzene rings is 2. The Labute approximate surface area is 158 Å². The molecular weight excluding hydrogens is 368 g/mol. The average Bonchev–Trinajstić information content (AvgIpc) is 2.68. The number of hydroxylamine groups is 1. The minimum Gasteiger partial charge on any atom is -0.350 e. The summed E-state index contributed by atoms with van der Waals surface area (Å²) >= 11 is 0. The molecular formula is C19H22N2O5S. The van der Waals surface area contributed by atoms with Crippen molar-refractivity contribution in [2.45, 2.75) is 37.4 Å². The van der Waals surface area contributed by atoms with Gasteiger partial charge in [0.2, 0.25) is 0 Å². The van der Waals surface area contributed by atoms with Crippen LogP contribution in [0.4, 0.5) is 5.69 Å². The molecule has 1 atom stereocenters. The molecule has 1 aliphatic heterocycles. The highest BCUT2D eigenvalue weighted by Crippen LogP contribution is 2.18. The van der Waals surface area contributed by atoms with Crippen molar-refractivity contribution < 1.29 is 22.8 Å². The van der Waals surface area contributed by atoms with Gasteiger partial charge in [0.1, 0.15) is 0 Å². The summed E-state index contributed by atoms with van der Waals surface area (Å²) in [5, 5.41) is 0. The maximum atomic E-state index is 12.6. The molecule has 1 aliphatic rings. The van der Waals surface area contributed by atoms with Crippen LogP contribution in [0, 0.1) is 6.92 Å². The van der Waals surface area contributed by atoms with E-state index < -0.39 is 22.2 Å². The first-order valence-corrected chi connectivity index (χ1v) is 10.2. The van der Waals surface area contributed by atoms with Gasteiger partial charge < -0.3 is 4.74 Å². The molecule has 2 aromatic rings. The molecule has 0 saturated carbocycles. The van der Waals surface area contributed by atoms with Crippen LogP contribution in [0.25, 0.3) is 0 Å². The number of hydrogen-bond acceptors (Lipinski definition) is 5. The van der Waals surface area contributed by atoms with Crippen LogP contribution >= 0.6 is 0 Å². The fourth-order valence-corrected chi connectivity index (χ4v) is 3.73. The third kappa shape index (κ3) is 5.29. The first-order valence-electron chi connectivity index (χ1n) is 8.71. The number of sulfonamides is 1. The van der Waals surface area contributed by atoms with Crippen LogP contribution < -0.4 is 10.2 Å². The van der Waals surface area contributed by atoms with Gasteiger partial charge in [-0.3, -0.25) is 9.52 Å². The summed E-state index contributed by atoms with van der Waals surface area (Å²) in [6.07, 6.45) is 2.17. The molecule has 0 radical (unpaired) electrons. The Balaban J connectivity index is 1.68. The molecule has 1 fully saturated rings. The molecule has 7 nitrogen and oxygen atoms in total. The first-order chi connectivity index (χ1) is 12.9. The van der Waals surface area contributed by atoms with E-state index in [-0.39, 0.29) is 10.5 Å². The summed E-state index contributed by atoms with van der Waals surface area (Å²) in [6, 6.07) is 12.7. The third-order valence-corrected chi connectivity index (χ3v) is 5.51. The van der Waals surface area contributed by atoms with Gasteiger partial charge in [0, 0.05) is 24.3 Å². The van der Waals surface area contributed by atoms with Crippen molar-refractivity contribution in [2.75, 3.05) is 11.3 Å². The topological polar surface area (TPSA) is 93.7 Å². The lowest BCUT2D eigenvalue weighted by molar-refractivity contribution is -0.186. The maximum Gasteiger partial charge on any atom is 0.274 e. The summed E-state index contributed by atoms with van der Waals surface area (Å²) in [5.41, 5.74) is 3.98. The molecule has 2 N–H and O–H groups in total. The summed E-state index contributed by atoms with van der Waals surface area (Å²) in [7, 11) is -3.81. The molecule has 1 saturated heterocycles. The van der Waals surface area contributed by atoms with Crippen LogP contribution in [0.5, 0.6) is 0 Å². The molecule has 0 aromatic heterocycles. The number of aryl methyl sites for hydroxylation is 1. The molecule has 8 heteroatoms. The van der Waals surface area contributed by atoms with Gasteiger partial charge in [0.05, 0.1) is 4.90 Å². The summed E-state index contributed by atoms with van der Waals surface area (Å²) in [6.45, 7) is 2.51. The molecule has 0 spiro atoms. The van der Waals surface area contributed by atoms with E-state index in [0.717, 1.165) is 18.4 Å². The second-order valence-electron chi connectivity index (χ2n) is 6.34. The largest absolute Gasteiger partial charge is 0.350 e. The molecule has 3 rings (SSSR count). The van der Waals surface area contributed by atoms with Gasteiger partial charge in [-0.2, -0.15) is 0 Å². The lowest BCUT2D eigenvalue weighted by atomic mass is 10.2. The Hall–Kier alpha value is -2.42. The summed E-state index contributed by atoms with van der Waals surface area (Å²) in [4.78, 5) is 17.5. The Morgan fingerprint density at radius 2 is 1.93 bits per heavy atom. The van der Waals surface area contributed by atoms with E-state index in [1.54, 1.807) is 12.1 Å². The zero-order valence-corrected chi connectivity index (χ0v) is 15.8. The van der Waals surface area contributed by atoms with E-state index in [2.05, 4.69) is 10.2 Å². The minimum absolute atomic E-state index is 0.00959. The molecule has 2 aromatic carbocycles. The summed E-state index contributed by atoms with van der Waals surface area (Å²) in [5.74, 6) is -0.531. The van der Waals surface area contributed by atoms with Crippen molar-refractivity contribution in [3.63, 3.8) is 0 Å². The number of nitrogens with one attached hydrogen (secondary N) is 2. The normalized spacial score (nSPS) is 17.3. The van der Waals surface area contributed by atoms with E-state index in [0.29, 0.717) is 18.7 Å². The van der Waals surface area contributed by atoms with Crippen LogP contribution in [-0.2, 0) is 19.6 Å². The van der Waals surface area contributed by atoms with Crippen LogP contribution in [0.3, 0.4) is 0 Å². The highest BCUT2D eigenvalue weighted by Gasteiger charge is 2.19. The summed E-state index contributed by atoms with van der Waals surface area (Å²) < 4.78 is 33.0. The average molecular weight is 390 g/mol. The number of rotatable bonds is 6. The minimum atomic E-state index is -3.81. The molecule has 1 amide bonds. The van der Waals surface area contributed by atoms with Crippen molar-refractivity contribution in [1.82, 2.24) is 5.48 Å². The number of amides is 1. The maximum absolute atomic E-state index is 12.6. The third-order valence-electron chi connectivity index (χ3n) is 4.13. The van der Waals surface area contributed by atoms with E-state index in [1.165, 1.54) is 24.3 Å². The number of anilines is 1. The standard InChI is InChI=1S/C19H22N2O5S/c1-14-8-10-16(11-9-14)21-27(23,24)17-6-4-5-15(13-17)19(22)20-26-18-7-2-3-12-25-18/h4-6,8-11,13,18,21H,2-3,7,12H2,1H3,(H,20,22). The number of carbonyl (C=O) groups is 1. The van der Waals surface area contributed by atoms with Crippen LogP contribution in [-0.4, -0.2) is 27.2 Å². The second kappa shape index (κ2) is 8.51. The van der Waals surface area contributed by atoms with Crippen molar-refractivity contribution in [3.8, 4) is 0 Å². The molecule has 1 unspecified atom stereocenters. The van der Waals surface area contributed by atoms with Crippen LogP contribution in [0.15, 0.2) is 53.4 Å². The van der Waals surface area contributed by atoms with Crippen molar-refractivity contribution in [2.24, 2.45) is 0 Å². The lowest BCUT2D eigenvalue weighted by Crippen LogP contribution is -2.33. The van der Waals surface area contributed by atoms with Crippen LogP contribution in [0.2, 0.25) is 0 Å². The van der Waals surface area contributed by atoms with Gasteiger partial charge in [-0.1, -0.05) is 23.8 Å². The van der Waals surface area contributed by atoms with E-state index in [4.69, 9.17) is 9.57 Å². The first kappa shape index (κ1) is 19.3. The predicted molar refractivity (Wildman–Crippen MR) is 101 cm³/mol. The van der Waals surface area contributed by atoms with Crippen molar-refractivity contribution in [3.05, 3.63) is 59.7 Å². The fraction of sp³-hybridized carbons (Fsp3) is 0.316.